The molecule has 98 valence electrons. The smallest absolute Gasteiger partial charge is 0.124 e. The molecule has 1 unspecified atom stereocenters. The van der Waals surface area contributed by atoms with E-state index in [0.29, 0.717) is 0 Å². The summed E-state index contributed by atoms with van der Waals surface area (Å²) < 4.78 is 3.69. The highest BCUT2D eigenvalue weighted by Crippen LogP contribution is 2.22. The summed E-state index contributed by atoms with van der Waals surface area (Å²) in [4.78, 5) is 0. The zero-order valence-electron chi connectivity index (χ0n) is 11.2. The Labute approximate surface area is 107 Å². The zero-order valence-corrected chi connectivity index (χ0v) is 11.2. The first-order valence-corrected chi connectivity index (χ1v) is 6.40. The van der Waals surface area contributed by atoms with Crippen LogP contribution in [0.15, 0.2) is 18.5 Å². The van der Waals surface area contributed by atoms with E-state index in [2.05, 4.69) is 17.1 Å². The average Bonchev–Trinajstić information content (AvgIpc) is 2.95. The highest BCUT2D eigenvalue weighted by atomic mass is 16.3. The molecule has 1 atom stereocenters. The van der Waals surface area contributed by atoms with Gasteiger partial charge >= 0.3 is 0 Å². The number of nitrogens with zero attached hydrogens (tertiary/aromatic N) is 4. The molecule has 0 saturated carbocycles. The van der Waals surface area contributed by atoms with Gasteiger partial charge in [0.05, 0.1) is 17.6 Å². The van der Waals surface area contributed by atoms with E-state index in [4.69, 9.17) is 0 Å². The topological polar surface area (TPSA) is 55.9 Å². The van der Waals surface area contributed by atoms with Gasteiger partial charge in [0.1, 0.15) is 6.10 Å². The molecule has 0 aromatic carbocycles. The lowest BCUT2D eigenvalue weighted by atomic mass is 10.1. The van der Waals surface area contributed by atoms with Crippen LogP contribution in [0.4, 0.5) is 0 Å². The maximum atomic E-state index is 10.4. The second-order valence-electron chi connectivity index (χ2n) is 4.47. The molecule has 0 aliphatic carbocycles. The van der Waals surface area contributed by atoms with E-state index in [0.717, 1.165) is 36.5 Å². The molecule has 0 radical (unpaired) electrons. The van der Waals surface area contributed by atoms with Gasteiger partial charge < -0.3 is 5.11 Å². The van der Waals surface area contributed by atoms with Crippen LogP contribution < -0.4 is 0 Å². The fourth-order valence-electron chi connectivity index (χ4n) is 2.08. The van der Waals surface area contributed by atoms with Gasteiger partial charge in [-0.2, -0.15) is 10.2 Å². The summed E-state index contributed by atoms with van der Waals surface area (Å²) in [6.45, 7) is 7.68. The fourth-order valence-corrected chi connectivity index (χ4v) is 2.08. The second-order valence-corrected chi connectivity index (χ2v) is 4.47. The third kappa shape index (κ3) is 2.46. The Kier molecular flexibility index (Phi) is 3.81. The number of aliphatic hydroxyl groups is 1. The molecule has 0 saturated heterocycles. The van der Waals surface area contributed by atoms with Gasteiger partial charge in [0.15, 0.2) is 0 Å². The molecular weight excluding hydrogens is 228 g/mol. The van der Waals surface area contributed by atoms with Gasteiger partial charge in [0.25, 0.3) is 0 Å². The van der Waals surface area contributed by atoms with E-state index in [9.17, 15) is 5.11 Å². The molecule has 2 heterocycles. The Balaban J connectivity index is 2.25. The molecule has 2 aromatic heterocycles. The predicted octanol–water partition coefficient (Wildman–Crippen LogP) is 1.90. The van der Waals surface area contributed by atoms with E-state index < -0.39 is 6.10 Å². The molecule has 18 heavy (non-hydrogen) atoms. The SMILES string of the molecule is CCCn1cc(C(O)c2cc(C)nn2CC)cn1. The monoisotopic (exact) mass is 248 g/mol. The molecule has 0 bridgehead atoms. The number of aromatic nitrogens is 4. The van der Waals surface area contributed by atoms with Crippen molar-refractivity contribution in [3.63, 3.8) is 0 Å². The minimum absolute atomic E-state index is 0.656. The molecule has 0 fully saturated rings. The summed E-state index contributed by atoms with van der Waals surface area (Å²) in [6, 6.07) is 1.92. The van der Waals surface area contributed by atoms with Crippen LogP contribution in [0.25, 0.3) is 0 Å². The molecule has 0 amide bonds. The van der Waals surface area contributed by atoms with Crippen molar-refractivity contribution in [3.05, 3.63) is 35.4 Å². The van der Waals surface area contributed by atoms with Crippen molar-refractivity contribution in [3.8, 4) is 0 Å². The van der Waals surface area contributed by atoms with E-state index in [1.807, 2.05) is 35.5 Å². The van der Waals surface area contributed by atoms with Gasteiger partial charge in [0.2, 0.25) is 0 Å². The molecule has 5 nitrogen and oxygen atoms in total. The normalized spacial score (nSPS) is 12.9. The Morgan fingerprint density at radius 2 is 2.17 bits per heavy atom. The molecule has 1 N–H and O–H groups in total. The van der Waals surface area contributed by atoms with Crippen molar-refractivity contribution in [2.75, 3.05) is 0 Å². The summed E-state index contributed by atoms with van der Waals surface area (Å²) in [5.74, 6) is 0. The molecule has 0 aliphatic heterocycles. The summed E-state index contributed by atoms with van der Waals surface area (Å²) in [7, 11) is 0. The summed E-state index contributed by atoms with van der Waals surface area (Å²) in [6.07, 6.45) is 4.00. The number of hydrogen-bond acceptors (Lipinski definition) is 3. The minimum Gasteiger partial charge on any atom is -0.382 e. The predicted molar refractivity (Wildman–Crippen MR) is 69.2 cm³/mol. The Bertz CT molecular complexity index is 515. The standard InChI is InChI=1S/C13H20N4O/c1-4-6-16-9-11(8-14-16)13(18)12-7-10(3)15-17(12)5-2/h7-9,13,18H,4-6H2,1-3H3. The van der Waals surface area contributed by atoms with Crippen molar-refractivity contribution >= 4 is 0 Å². The first kappa shape index (κ1) is 12.8. The third-order valence-electron chi connectivity index (χ3n) is 2.93. The van der Waals surface area contributed by atoms with Crippen LogP contribution >= 0.6 is 0 Å². The Morgan fingerprint density at radius 1 is 1.39 bits per heavy atom. The molecule has 2 rings (SSSR count). The van der Waals surface area contributed by atoms with E-state index in [-0.39, 0.29) is 0 Å². The maximum Gasteiger partial charge on any atom is 0.124 e. The third-order valence-corrected chi connectivity index (χ3v) is 2.93. The van der Waals surface area contributed by atoms with Gasteiger partial charge in [-0.05, 0) is 26.3 Å². The lowest BCUT2D eigenvalue weighted by molar-refractivity contribution is 0.208. The Hall–Kier alpha value is -1.62. The van der Waals surface area contributed by atoms with Crippen LogP contribution in [0, 0.1) is 6.92 Å². The number of rotatable bonds is 5. The van der Waals surface area contributed by atoms with Crippen LogP contribution in [0.2, 0.25) is 0 Å². The number of hydrogen-bond donors (Lipinski definition) is 1. The zero-order chi connectivity index (χ0) is 13.1. The minimum atomic E-state index is -0.656. The summed E-state index contributed by atoms with van der Waals surface area (Å²) >= 11 is 0. The first-order chi connectivity index (χ1) is 8.65. The maximum absolute atomic E-state index is 10.4. The lowest BCUT2D eigenvalue weighted by Crippen LogP contribution is -2.08. The van der Waals surface area contributed by atoms with Crippen molar-refractivity contribution in [1.29, 1.82) is 0 Å². The number of aliphatic hydroxyl groups excluding tert-OH is 1. The summed E-state index contributed by atoms with van der Waals surface area (Å²) in [5, 5.41) is 19.0. The Morgan fingerprint density at radius 3 is 2.83 bits per heavy atom. The van der Waals surface area contributed by atoms with Gasteiger partial charge in [-0.15, -0.1) is 0 Å². The largest absolute Gasteiger partial charge is 0.382 e. The molecule has 0 aliphatic rings. The van der Waals surface area contributed by atoms with Crippen LogP contribution in [-0.4, -0.2) is 24.7 Å². The van der Waals surface area contributed by atoms with Crippen molar-refractivity contribution in [2.45, 2.75) is 46.4 Å². The van der Waals surface area contributed by atoms with Crippen LogP contribution in [0.3, 0.4) is 0 Å². The van der Waals surface area contributed by atoms with Crippen LogP contribution in [-0.2, 0) is 13.1 Å². The molecule has 0 spiro atoms. The first-order valence-electron chi connectivity index (χ1n) is 6.40. The quantitative estimate of drug-likeness (QED) is 0.879. The molecule has 2 aromatic rings. The lowest BCUT2D eigenvalue weighted by Gasteiger charge is -2.10. The van der Waals surface area contributed by atoms with E-state index >= 15 is 0 Å². The van der Waals surface area contributed by atoms with Gasteiger partial charge in [-0.25, -0.2) is 0 Å². The molecule has 5 heteroatoms. The van der Waals surface area contributed by atoms with Gasteiger partial charge in [-0.3, -0.25) is 9.36 Å². The molecular formula is C13H20N4O. The number of aryl methyl sites for hydroxylation is 3. The van der Waals surface area contributed by atoms with Gasteiger partial charge in [-0.1, -0.05) is 6.92 Å². The van der Waals surface area contributed by atoms with Crippen molar-refractivity contribution in [1.82, 2.24) is 19.6 Å². The van der Waals surface area contributed by atoms with Gasteiger partial charge in [0, 0.05) is 24.8 Å². The van der Waals surface area contributed by atoms with Crippen LogP contribution in [0.1, 0.15) is 43.3 Å². The van der Waals surface area contributed by atoms with Crippen LogP contribution in [0.5, 0.6) is 0 Å². The van der Waals surface area contributed by atoms with E-state index in [1.165, 1.54) is 0 Å². The highest BCUT2D eigenvalue weighted by Gasteiger charge is 2.17. The highest BCUT2D eigenvalue weighted by molar-refractivity contribution is 5.23. The van der Waals surface area contributed by atoms with Crippen molar-refractivity contribution < 1.29 is 5.11 Å². The second kappa shape index (κ2) is 5.35. The summed E-state index contributed by atoms with van der Waals surface area (Å²) in [5.41, 5.74) is 2.57. The van der Waals surface area contributed by atoms with Crippen molar-refractivity contribution in [2.24, 2.45) is 0 Å². The average molecular weight is 248 g/mol. The fraction of sp³-hybridized carbons (Fsp3) is 0.538. The van der Waals surface area contributed by atoms with E-state index in [1.54, 1.807) is 6.20 Å².